The average molecular weight is 276 g/mol. The minimum atomic E-state index is -0.363. The van der Waals surface area contributed by atoms with E-state index >= 15 is 0 Å². The molecule has 0 heterocycles. The predicted octanol–water partition coefficient (Wildman–Crippen LogP) is 4.29. The summed E-state index contributed by atoms with van der Waals surface area (Å²) in [5.41, 5.74) is 1.22. The molecular formula is C15H11ClFNO. The fraction of sp³-hybridized carbons (Fsp3) is 0. The molecule has 0 saturated heterocycles. The zero-order valence-electron chi connectivity index (χ0n) is 9.94. The van der Waals surface area contributed by atoms with Crippen molar-refractivity contribution >= 4 is 23.1 Å². The molecule has 0 unspecified atom stereocenters. The molecule has 0 saturated carbocycles. The summed E-state index contributed by atoms with van der Waals surface area (Å²) in [5, 5.41) is 3.55. The van der Waals surface area contributed by atoms with Crippen molar-refractivity contribution in [1.82, 2.24) is 0 Å². The van der Waals surface area contributed by atoms with Crippen molar-refractivity contribution in [1.29, 1.82) is 0 Å². The number of nitrogens with one attached hydrogen (secondary N) is 1. The van der Waals surface area contributed by atoms with Crippen LogP contribution in [0.3, 0.4) is 0 Å². The van der Waals surface area contributed by atoms with Crippen LogP contribution in [0.4, 0.5) is 10.1 Å². The molecular weight excluding hydrogens is 265 g/mol. The zero-order chi connectivity index (χ0) is 13.7. The summed E-state index contributed by atoms with van der Waals surface area (Å²) < 4.78 is 12.7. The number of hydrogen-bond donors (Lipinski definition) is 1. The first-order valence-electron chi connectivity index (χ1n) is 5.64. The van der Waals surface area contributed by atoms with E-state index in [0.717, 1.165) is 5.69 Å². The van der Waals surface area contributed by atoms with Gasteiger partial charge in [-0.15, -0.1) is 0 Å². The van der Waals surface area contributed by atoms with Crippen LogP contribution < -0.4 is 5.32 Å². The van der Waals surface area contributed by atoms with Gasteiger partial charge >= 0.3 is 0 Å². The molecule has 0 aliphatic carbocycles. The Morgan fingerprint density at radius 3 is 2.58 bits per heavy atom. The van der Waals surface area contributed by atoms with Crippen LogP contribution in [0.1, 0.15) is 10.4 Å². The van der Waals surface area contributed by atoms with E-state index in [9.17, 15) is 9.18 Å². The van der Waals surface area contributed by atoms with Gasteiger partial charge in [0.1, 0.15) is 5.82 Å². The first-order chi connectivity index (χ1) is 9.15. The largest absolute Gasteiger partial charge is 0.362 e. The Balaban J connectivity index is 1.99. The lowest BCUT2D eigenvalue weighted by atomic mass is 10.1. The van der Waals surface area contributed by atoms with Crippen LogP contribution in [0.15, 0.2) is 60.8 Å². The van der Waals surface area contributed by atoms with Crippen LogP contribution in [0, 0.1) is 5.82 Å². The second-order valence-corrected chi connectivity index (χ2v) is 4.30. The Morgan fingerprint density at radius 2 is 1.89 bits per heavy atom. The van der Waals surface area contributed by atoms with Crippen LogP contribution in [-0.2, 0) is 0 Å². The Kier molecular flexibility index (Phi) is 4.31. The number of allylic oxidation sites excluding steroid dienone is 1. The maximum atomic E-state index is 12.7. The molecule has 4 heteroatoms. The summed E-state index contributed by atoms with van der Waals surface area (Å²) in [6, 6.07) is 12.5. The summed E-state index contributed by atoms with van der Waals surface area (Å²) >= 11 is 5.83. The minimum absolute atomic E-state index is 0.200. The molecule has 0 aliphatic heterocycles. The average Bonchev–Trinajstić information content (AvgIpc) is 2.39. The van der Waals surface area contributed by atoms with Gasteiger partial charge in [0, 0.05) is 28.5 Å². The van der Waals surface area contributed by atoms with E-state index in [-0.39, 0.29) is 11.6 Å². The summed E-state index contributed by atoms with van der Waals surface area (Å²) in [5.74, 6) is -0.563. The van der Waals surface area contributed by atoms with Crippen molar-refractivity contribution in [3.05, 3.63) is 77.2 Å². The van der Waals surface area contributed by atoms with E-state index < -0.39 is 0 Å². The third-order valence-electron chi connectivity index (χ3n) is 2.44. The first kappa shape index (κ1) is 13.3. The molecule has 19 heavy (non-hydrogen) atoms. The van der Waals surface area contributed by atoms with Crippen molar-refractivity contribution in [2.75, 3.05) is 5.32 Å². The van der Waals surface area contributed by atoms with E-state index in [1.807, 2.05) is 6.07 Å². The normalized spacial score (nSPS) is 10.6. The molecule has 2 aromatic carbocycles. The summed E-state index contributed by atoms with van der Waals surface area (Å²) in [7, 11) is 0. The molecule has 2 rings (SSSR count). The molecule has 0 radical (unpaired) electrons. The molecule has 0 atom stereocenters. The van der Waals surface area contributed by atoms with Gasteiger partial charge in [0.2, 0.25) is 0 Å². The van der Waals surface area contributed by atoms with E-state index in [0.29, 0.717) is 10.6 Å². The molecule has 0 spiro atoms. The molecule has 2 aromatic rings. The van der Waals surface area contributed by atoms with Crippen molar-refractivity contribution in [3.8, 4) is 0 Å². The second kappa shape index (κ2) is 6.16. The number of carbonyl (C=O) groups excluding carboxylic acids is 1. The van der Waals surface area contributed by atoms with Crippen LogP contribution >= 0.6 is 11.6 Å². The van der Waals surface area contributed by atoms with Crippen LogP contribution in [0.25, 0.3) is 0 Å². The number of halogens is 2. The number of hydrogen-bond acceptors (Lipinski definition) is 2. The number of rotatable bonds is 4. The number of anilines is 1. The zero-order valence-corrected chi connectivity index (χ0v) is 10.7. The third-order valence-corrected chi connectivity index (χ3v) is 2.67. The monoisotopic (exact) mass is 275 g/mol. The van der Waals surface area contributed by atoms with Crippen LogP contribution in [0.2, 0.25) is 5.02 Å². The lowest BCUT2D eigenvalue weighted by Gasteiger charge is -2.00. The Labute approximate surface area is 115 Å². The van der Waals surface area contributed by atoms with Gasteiger partial charge in [0.05, 0.1) is 0 Å². The Morgan fingerprint density at radius 1 is 1.16 bits per heavy atom. The second-order valence-electron chi connectivity index (χ2n) is 3.86. The molecule has 0 amide bonds. The van der Waals surface area contributed by atoms with Gasteiger partial charge in [0.25, 0.3) is 0 Å². The highest BCUT2D eigenvalue weighted by atomic mass is 35.5. The summed E-state index contributed by atoms with van der Waals surface area (Å²) in [4.78, 5) is 11.7. The standard InChI is InChI=1S/C15H11ClFNO/c16-12-2-1-3-14(10-12)18-9-8-15(19)11-4-6-13(17)7-5-11/h1-10,18H. The summed E-state index contributed by atoms with van der Waals surface area (Å²) in [6.07, 6.45) is 2.91. The predicted molar refractivity (Wildman–Crippen MR) is 74.9 cm³/mol. The fourth-order valence-corrected chi connectivity index (χ4v) is 1.69. The molecule has 0 fully saturated rings. The maximum absolute atomic E-state index is 12.7. The smallest absolute Gasteiger partial charge is 0.187 e. The van der Waals surface area contributed by atoms with E-state index in [1.54, 1.807) is 18.2 Å². The fourth-order valence-electron chi connectivity index (χ4n) is 1.50. The van der Waals surface area contributed by atoms with Crippen molar-refractivity contribution in [2.24, 2.45) is 0 Å². The highest BCUT2D eigenvalue weighted by molar-refractivity contribution is 6.30. The Hall–Kier alpha value is -2.13. The molecule has 0 aliphatic rings. The molecule has 0 aromatic heterocycles. The van der Waals surface area contributed by atoms with Gasteiger partial charge in [-0.3, -0.25) is 4.79 Å². The van der Waals surface area contributed by atoms with Gasteiger partial charge < -0.3 is 5.32 Å². The van der Waals surface area contributed by atoms with Crippen LogP contribution in [0.5, 0.6) is 0 Å². The Bertz CT molecular complexity index is 608. The molecule has 0 bridgehead atoms. The molecule has 1 N–H and O–H groups in total. The van der Waals surface area contributed by atoms with Gasteiger partial charge in [-0.2, -0.15) is 0 Å². The lowest BCUT2D eigenvalue weighted by Crippen LogP contribution is -1.96. The van der Waals surface area contributed by atoms with E-state index in [1.165, 1.54) is 36.5 Å². The van der Waals surface area contributed by atoms with Gasteiger partial charge in [0.15, 0.2) is 5.78 Å². The highest BCUT2D eigenvalue weighted by Crippen LogP contribution is 2.14. The van der Waals surface area contributed by atoms with Crippen molar-refractivity contribution in [2.45, 2.75) is 0 Å². The van der Waals surface area contributed by atoms with Crippen molar-refractivity contribution in [3.63, 3.8) is 0 Å². The van der Waals surface area contributed by atoms with Gasteiger partial charge in [-0.05, 0) is 42.5 Å². The van der Waals surface area contributed by atoms with Crippen molar-refractivity contribution < 1.29 is 9.18 Å². The minimum Gasteiger partial charge on any atom is -0.362 e. The van der Waals surface area contributed by atoms with Crippen LogP contribution in [-0.4, -0.2) is 5.78 Å². The highest BCUT2D eigenvalue weighted by Gasteiger charge is 2.01. The number of carbonyl (C=O) groups is 1. The maximum Gasteiger partial charge on any atom is 0.187 e. The quantitative estimate of drug-likeness (QED) is 0.666. The number of benzene rings is 2. The number of ketones is 1. The summed E-state index contributed by atoms with van der Waals surface area (Å²) in [6.45, 7) is 0. The topological polar surface area (TPSA) is 29.1 Å². The lowest BCUT2D eigenvalue weighted by molar-refractivity contribution is 0.104. The third kappa shape index (κ3) is 3.93. The van der Waals surface area contributed by atoms with E-state index in [4.69, 9.17) is 11.6 Å². The molecule has 96 valence electrons. The van der Waals surface area contributed by atoms with Gasteiger partial charge in [-0.1, -0.05) is 17.7 Å². The SMILES string of the molecule is O=C(C=CNc1cccc(Cl)c1)c1ccc(F)cc1. The molecule has 2 nitrogen and oxygen atoms in total. The van der Waals surface area contributed by atoms with E-state index in [2.05, 4.69) is 5.32 Å². The first-order valence-corrected chi connectivity index (χ1v) is 6.01. The van der Waals surface area contributed by atoms with Gasteiger partial charge in [-0.25, -0.2) is 4.39 Å².